The third-order valence-corrected chi connectivity index (χ3v) is 6.84. The Kier molecular flexibility index (Phi) is 5.29. The van der Waals surface area contributed by atoms with Gasteiger partial charge in [0.25, 0.3) is 0 Å². The van der Waals surface area contributed by atoms with Crippen molar-refractivity contribution in [3.63, 3.8) is 0 Å². The lowest BCUT2D eigenvalue weighted by Crippen LogP contribution is -2.47. The van der Waals surface area contributed by atoms with Crippen LogP contribution >= 0.6 is 12.2 Å². The summed E-state index contributed by atoms with van der Waals surface area (Å²) in [4.78, 5) is 6.92. The minimum absolute atomic E-state index is 0.683. The average Bonchev–Trinajstić information content (AvgIpc) is 3.11. The molecular formula is C23H27N5S. The Bertz CT molecular complexity index is 1010. The molecule has 2 aromatic heterocycles. The molecule has 5 nitrogen and oxygen atoms in total. The molecule has 3 aromatic rings. The van der Waals surface area contributed by atoms with Gasteiger partial charge in [0.1, 0.15) is 0 Å². The van der Waals surface area contributed by atoms with E-state index in [4.69, 9.17) is 17.3 Å². The fourth-order valence-corrected chi connectivity index (χ4v) is 5.36. The zero-order chi connectivity index (χ0) is 19.6. The molecular weight excluding hydrogens is 378 g/mol. The number of benzene rings is 1. The molecule has 2 atom stereocenters. The van der Waals surface area contributed by atoms with E-state index in [-0.39, 0.29) is 0 Å². The van der Waals surface area contributed by atoms with Crippen molar-refractivity contribution in [2.24, 2.45) is 5.92 Å². The van der Waals surface area contributed by atoms with Crippen LogP contribution in [0.3, 0.4) is 0 Å². The second-order valence-electron chi connectivity index (χ2n) is 8.23. The largest absolute Gasteiger partial charge is 0.281 e. The van der Waals surface area contributed by atoms with E-state index in [9.17, 15) is 0 Å². The van der Waals surface area contributed by atoms with Crippen molar-refractivity contribution in [2.45, 2.75) is 51.2 Å². The van der Waals surface area contributed by atoms with E-state index in [0.29, 0.717) is 6.04 Å². The molecule has 1 saturated carbocycles. The summed E-state index contributed by atoms with van der Waals surface area (Å²) in [7, 11) is 0. The van der Waals surface area contributed by atoms with Crippen LogP contribution in [0.5, 0.6) is 0 Å². The third-order valence-electron chi connectivity index (χ3n) is 6.45. The van der Waals surface area contributed by atoms with E-state index in [1.54, 1.807) is 6.20 Å². The predicted octanol–water partition coefficient (Wildman–Crippen LogP) is 5.08. The fraction of sp³-hybridized carbons (Fsp3) is 0.435. The summed E-state index contributed by atoms with van der Waals surface area (Å²) in [5, 5.41) is 4.98. The summed E-state index contributed by atoms with van der Waals surface area (Å²) < 4.78 is 4.84. The number of fused-ring (bicyclic) bond motifs is 1. The van der Waals surface area contributed by atoms with Gasteiger partial charge in [-0.25, -0.2) is 4.68 Å². The molecule has 0 amide bonds. The lowest BCUT2D eigenvalue weighted by Gasteiger charge is -2.43. The van der Waals surface area contributed by atoms with Crippen LogP contribution in [-0.4, -0.2) is 36.8 Å². The topological polar surface area (TPSA) is 38.9 Å². The lowest BCUT2D eigenvalue weighted by atomic mass is 9.78. The normalized spacial score (nSPS) is 22.3. The first-order valence-electron chi connectivity index (χ1n) is 10.7. The molecule has 1 aromatic carbocycles. The second kappa shape index (κ2) is 8.20. The third kappa shape index (κ3) is 3.67. The van der Waals surface area contributed by atoms with Gasteiger partial charge in [0.05, 0.1) is 6.67 Å². The first-order chi connectivity index (χ1) is 14.3. The van der Waals surface area contributed by atoms with Crippen LogP contribution in [0.1, 0.15) is 38.5 Å². The molecule has 150 valence electrons. The Balaban J connectivity index is 1.54. The monoisotopic (exact) mass is 405 g/mol. The number of para-hydroxylation sites is 1. The van der Waals surface area contributed by atoms with Crippen molar-refractivity contribution >= 4 is 12.2 Å². The lowest BCUT2D eigenvalue weighted by molar-refractivity contribution is 0.0324. The number of likely N-dealkylation sites (tertiary alicyclic amines) is 1. The highest BCUT2D eigenvalue weighted by Gasteiger charge is 2.33. The maximum absolute atomic E-state index is 5.93. The van der Waals surface area contributed by atoms with E-state index in [2.05, 4.69) is 26.6 Å². The van der Waals surface area contributed by atoms with Gasteiger partial charge in [-0.15, -0.1) is 5.10 Å². The Hall–Kier alpha value is -2.31. The first-order valence-corrected chi connectivity index (χ1v) is 11.1. The minimum atomic E-state index is 0.683. The van der Waals surface area contributed by atoms with Crippen LogP contribution < -0.4 is 0 Å². The van der Waals surface area contributed by atoms with Gasteiger partial charge in [0.2, 0.25) is 4.77 Å². The smallest absolute Gasteiger partial charge is 0.204 e. The highest BCUT2D eigenvalue weighted by atomic mass is 32.1. The average molecular weight is 406 g/mol. The molecule has 2 fully saturated rings. The SMILES string of the molecule is S=c1n(CN2CCC[C@H]3CCCC[C@@H]32)nc(-c2cccnc2)n1-c1ccccc1. The van der Waals surface area contributed by atoms with Crippen LogP contribution in [0.25, 0.3) is 17.1 Å². The van der Waals surface area contributed by atoms with Gasteiger partial charge in [0.15, 0.2) is 5.82 Å². The number of piperidine rings is 1. The molecule has 1 saturated heterocycles. The molecule has 2 aliphatic rings. The Labute approximate surface area is 177 Å². The summed E-state index contributed by atoms with van der Waals surface area (Å²) >= 11 is 5.93. The van der Waals surface area contributed by atoms with Gasteiger partial charge < -0.3 is 0 Å². The predicted molar refractivity (Wildman–Crippen MR) is 117 cm³/mol. The van der Waals surface area contributed by atoms with E-state index < -0.39 is 0 Å². The van der Waals surface area contributed by atoms with Crippen LogP contribution in [0.2, 0.25) is 0 Å². The highest BCUT2D eigenvalue weighted by molar-refractivity contribution is 7.71. The van der Waals surface area contributed by atoms with Crippen molar-refractivity contribution in [1.29, 1.82) is 0 Å². The molecule has 0 spiro atoms. The molecule has 0 radical (unpaired) electrons. The minimum Gasteiger partial charge on any atom is -0.281 e. The van der Waals surface area contributed by atoms with Crippen molar-refractivity contribution < 1.29 is 0 Å². The number of hydrogen-bond acceptors (Lipinski definition) is 4. The summed E-state index contributed by atoms with van der Waals surface area (Å²) in [6, 6.07) is 15.0. The van der Waals surface area contributed by atoms with Crippen molar-refractivity contribution in [1.82, 2.24) is 24.2 Å². The quantitative estimate of drug-likeness (QED) is 0.568. The molecule has 1 aliphatic heterocycles. The first kappa shape index (κ1) is 18.7. The Morgan fingerprint density at radius 1 is 0.966 bits per heavy atom. The summed E-state index contributed by atoms with van der Waals surface area (Å²) in [5.41, 5.74) is 2.02. The standard InChI is InChI=1S/C23H27N5S/c29-23-27(17-26-15-7-10-18-8-4-5-13-21(18)26)25-22(19-9-6-14-24-16-19)28(23)20-11-2-1-3-12-20/h1-3,6,9,11-12,14,16,18,21H,4-5,7-8,10,13,15,17H2/t18-,21+/m1/s1. The summed E-state index contributed by atoms with van der Waals surface area (Å²) in [5.74, 6) is 1.70. The van der Waals surface area contributed by atoms with Crippen molar-refractivity contribution in [3.05, 3.63) is 59.6 Å². The van der Waals surface area contributed by atoms with Gasteiger partial charge in [0, 0.05) is 36.2 Å². The van der Waals surface area contributed by atoms with Gasteiger partial charge in [-0.2, -0.15) is 0 Å². The van der Waals surface area contributed by atoms with Crippen LogP contribution in [0.15, 0.2) is 54.9 Å². The van der Waals surface area contributed by atoms with Crippen LogP contribution in [0, 0.1) is 10.7 Å². The van der Waals surface area contributed by atoms with E-state index in [1.807, 2.05) is 41.2 Å². The molecule has 0 bridgehead atoms. The van der Waals surface area contributed by atoms with E-state index in [1.165, 1.54) is 38.5 Å². The molecule has 0 N–H and O–H groups in total. The molecule has 0 unspecified atom stereocenters. The summed E-state index contributed by atoms with van der Waals surface area (Å²) in [6.45, 7) is 1.91. The fourth-order valence-electron chi connectivity index (χ4n) is 5.07. The van der Waals surface area contributed by atoms with Gasteiger partial charge >= 0.3 is 0 Å². The van der Waals surface area contributed by atoms with Gasteiger partial charge in [-0.3, -0.25) is 14.5 Å². The van der Waals surface area contributed by atoms with E-state index in [0.717, 1.165) is 41.0 Å². The molecule has 29 heavy (non-hydrogen) atoms. The number of hydrogen-bond donors (Lipinski definition) is 0. The maximum Gasteiger partial charge on any atom is 0.204 e. The Morgan fingerprint density at radius 3 is 2.62 bits per heavy atom. The van der Waals surface area contributed by atoms with Crippen LogP contribution in [-0.2, 0) is 6.67 Å². The van der Waals surface area contributed by atoms with Gasteiger partial charge in [-0.1, -0.05) is 31.0 Å². The van der Waals surface area contributed by atoms with Crippen LogP contribution in [0.4, 0.5) is 0 Å². The van der Waals surface area contributed by atoms with Crippen molar-refractivity contribution in [3.8, 4) is 17.1 Å². The molecule has 6 heteroatoms. The Morgan fingerprint density at radius 2 is 1.79 bits per heavy atom. The number of rotatable bonds is 4. The summed E-state index contributed by atoms with van der Waals surface area (Å²) in [6.07, 6.45) is 11.7. The van der Waals surface area contributed by atoms with Gasteiger partial charge in [-0.05, 0) is 68.1 Å². The van der Waals surface area contributed by atoms with Crippen molar-refractivity contribution in [2.75, 3.05) is 6.54 Å². The highest BCUT2D eigenvalue weighted by Crippen LogP contribution is 2.35. The molecule has 5 rings (SSSR count). The number of nitrogens with zero attached hydrogens (tertiary/aromatic N) is 5. The maximum atomic E-state index is 5.93. The second-order valence-corrected chi connectivity index (χ2v) is 8.59. The molecule has 3 heterocycles. The van der Waals surface area contributed by atoms with E-state index >= 15 is 0 Å². The zero-order valence-electron chi connectivity index (χ0n) is 16.7. The molecule has 1 aliphatic carbocycles. The zero-order valence-corrected chi connectivity index (χ0v) is 17.5. The number of pyridine rings is 1. The number of aromatic nitrogens is 4.